The molecule has 2 aliphatic rings. The first-order valence-corrected chi connectivity index (χ1v) is 23.9. The third-order valence-electron chi connectivity index (χ3n) is 11.3. The minimum atomic E-state index is -1.23. The first kappa shape index (κ1) is 66.8. The van der Waals surface area contributed by atoms with Gasteiger partial charge in [-0.25, -0.2) is 19.0 Å². The van der Waals surface area contributed by atoms with Crippen molar-refractivity contribution >= 4 is 65.3 Å². The Kier molecular flexibility index (Phi) is 30.5. The fraction of sp³-hybridized carbons (Fsp3) is 0.472. The van der Waals surface area contributed by atoms with E-state index in [1.54, 1.807) is 25.1 Å². The summed E-state index contributed by atoms with van der Waals surface area (Å²) < 4.78 is 40.5. The van der Waals surface area contributed by atoms with Gasteiger partial charge in [-0.1, -0.05) is 46.8 Å². The number of rotatable bonds is 20. The van der Waals surface area contributed by atoms with E-state index < -0.39 is 36.3 Å². The molecular weight excluding hydrogens is 1220 g/mol. The molecule has 1 aromatic heterocycles. The van der Waals surface area contributed by atoms with Crippen molar-refractivity contribution in [1.82, 2.24) is 9.88 Å². The van der Waals surface area contributed by atoms with Crippen LogP contribution in [0.2, 0.25) is 0 Å². The number of anilines is 1. The molecule has 9 N–H and O–H groups in total. The van der Waals surface area contributed by atoms with Crippen LogP contribution in [-0.2, 0) is 73.7 Å². The second-order valence-corrected chi connectivity index (χ2v) is 17.0. The van der Waals surface area contributed by atoms with E-state index in [0.717, 1.165) is 53.6 Å². The number of nitrogens with one attached hydrogen (secondary N) is 1. The van der Waals surface area contributed by atoms with Crippen LogP contribution in [0.3, 0.4) is 0 Å². The standard InChI is InChI=1S/C25H27FN2O3.C24H36N2O9.C2H6.CH3NO.CH2NO.Fm/c1-5-23(30)18(15(12-29)13-31-4)9-22-25-19(11-28(22)3)17-8-6-7-16-14(2)20(26)10-21(27-25)24(16)17;1-14(2)10-15(3)22(29)26-19-7-6-17(13-33-24(25)31)11-20(19)35-21(23(30)32-5)12-18(8-9-27)34-16(4)28;1-2;2*2-1-3;/h5,9-10,12,23,30H,1,6-8,11,13H2,2-4H3;6-7,11,14-15,18,21,27H,8-10,12-13H2,1-5H3,(H2,25,31)(H,26,29);1-2H3;1H,(H2,2,3);(H2,2,3);/q;;;;-1;/b18-15-,22-9-;;;;;/t;15-,18?,21?;;;;/m.1..../s1. The van der Waals surface area contributed by atoms with Gasteiger partial charge in [-0.05, 0) is 84.6 Å². The number of aliphatic hydroxyl groups excluding tert-OH is 2. The Hall–Kier alpha value is -8.23. The molecule has 420 valence electrons. The molecule has 4 atom stereocenters. The van der Waals surface area contributed by atoms with Crippen molar-refractivity contribution in [3.05, 3.63) is 93.5 Å². The molecule has 2 aromatic carbocycles. The van der Waals surface area contributed by atoms with Gasteiger partial charge in [0.25, 0.3) is 0 Å². The molecule has 5 rings (SSSR count). The number of methoxy groups -OCH3 is 2. The molecule has 0 spiro atoms. The van der Waals surface area contributed by atoms with E-state index in [-0.39, 0.29) is 68.2 Å². The number of pyridine rings is 1. The summed E-state index contributed by atoms with van der Waals surface area (Å²) in [6.07, 6.45) is 4.50. The summed E-state index contributed by atoms with van der Waals surface area (Å²) in [5.74, 6) is -1.65. The van der Waals surface area contributed by atoms with Crippen LogP contribution >= 0.6 is 0 Å². The average molecular weight is 1300 g/mol. The predicted molar refractivity (Wildman–Crippen MR) is 277 cm³/mol. The van der Waals surface area contributed by atoms with Gasteiger partial charge in [0.15, 0.2) is 6.10 Å². The van der Waals surface area contributed by atoms with Crippen LogP contribution in [0.1, 0.15) is 101 Å². The van der Waals surface area contributed by atoms with E-state index >= 15 is 0 Å². The summed E-state index contributed by atoms with van der Waals surface area (Å²) in [5, 5.41) is 23.7. The van der Waals surface area contributed by atoms with Crippen LogP contribution in [0.25, 0.3) is 16.6 Å². The first-order valence-electron chi connectivity index (χ1n) is 23.9. The van der Waals surface area contributed by atoms with E-state index in [2.05, 4.69) is 28.3 Å². The zero-order valence-electron chi connectivity index (χ0n) is 44.4. The normalized spacial score (nSPS) is 14.2. The molecule has 0 fully saturated rings. The molecule has 1 aliphatic heterocycles. The van der Waals surface area contributed by atoms with Gasteiger partial charge in [-0.3, -0.25) is 19.2 Å². The van der Waals surface area contributed by atoms with E-state index in [1.165, 1.54) is 44.9 Å². The molecule has 0 bridgehead atoms. The number of aliphatic hydroxyl groups is 2. The van der Waals surface area contributed by atoms with Crippen LogP contribution in [0, 0.1) is 24.6 Å². The Labute approximate surface area is 432 Å². The smallest absolute Gasteiger partial charge is 0.404 e. The fourth-order valence-electron chi connectivity index (χ4n) is 8.17. The first-order chi connectivity index (χ1) is 35.2. The topological polar surface area (TPSA) is 312 Å². The number of halogens is 1. The van der Waals surface area contributed by atoms with Gasteiger partial charge in [0.05, 0.1) is 42.4 Å². The zero-order chi connectivity index (χ0) is 56.2. The number of aldehydes is 1. The molecule has 0 saturated heterocycles. The molecule has 0 saturated carbocycles. The van der Waals surface area contributed by atoms with Crippen molar-refractivity contribution in [2.45, 2.75) is 118 Å². The summed E-state index contributed by atoms with van der Waals surface area (Å²) in [5.41, 5.74) is 21.2. The summed E-state index contributed by atoms with van der Waals surface area (Å²) >= 11 is 0. The Morgan fingerprint density at radius 2 is 1.68 bits per heavy atom. The number of carbonyl (C=O) groups excluding carboxylic acids is 7. The van der Waals surface area contributed by atoms with Crippen molar-refractivity contribution in [3.63, 3.8) is 0 Å². The molecule has 75 heavy (non-hydrogen) atoms. The van der Waals surface area contributed by atoms with Crippen LogP contribution in [0.5, 0.6) is 5.75 Å². The van der Waals surface area contributed by atoms with Crippen LogP contribution in [0.15, 0.2) is 54.1 Å². The Balaban J connectivity index is 0.00000127. The summed E-state index contributed by atoms with van der Waals surface area (Å²) in [7, 11) is 4.63. The van der Waals surface area contributed by atoms with Gasteiger partial charge in [0.2, 0.25) is 12.3 Å². The molecule has 4 amide bonds. The Bertz CT molecular complexity index is 2460. The number of aryl methyl sites for hydroxylation is 2. The van der Waals surface area contributed by atoms with Crippen molar-refractivity contribution in [2.75, 3.05) is 39.8 Å². The predicted octanol–water partition coefficient (Wildman–Crippen LogP) is 5.31. The minimum Gasteiger partial charge on any atom is -0.543 e. The Morgan fingerprint density at radius 1 is 1.05 bits per heavy atom. The van der Waals surface area contributed by atoms with E-state index in [1.807, 2.05) is 41.7 Å². The third kappa shape index (κ3) is 20.0. The van der Waals surface area contributed by atoms with Crippen molar-refractivity contribution < 1.29 is 71.8 Å². The maximum absolute atomic E-state index is 14.6. The summed E-state index contributed by atoms with van der Waals surface area (Å²) in [6, 6.07) is 6.19. The quantitative estimate of drug-likeness (QED) is 0.0159. The van der Waals surface area contributed by atoms with E-state index in [0.29, 0.717) is 53.0 Å². The number of nitrogens with zero attached hydrogens (tertiary/aromatic N) is 2. The van der Waals surface area contributed by atoms with Gasteiger partial charge in [0.1, 0.15) is 30.6 Å². The SMILES string of the molecule is C=CC(O)C(/C=C1/c2nc3cc(F)c(C)c4c3c(c2CN1C)CCC4)=C(/C=O)COC.CC.COC(=O)C(CC(CCO)OC(C)=O)Oc1cc(COC(N)=O)ccc1NC(=O)[C@H](C)CC(C)C.NC=O.N[C-]=O.[Fm]. The summed E-state index contributed by atoms with van der Waals surface area (Å²) in [4.78, 5) is 83.3. The molecule has 0 radical (unpaired) electrons. The molecule has 20 nitrogen and oxygen atoms in total. The molecule has 22 heteroatoms. The second kappa shape index (κ2) is 34.2. The number of primary amides is 3. The number of benzene rings is 2. The maximum atomic E-state index is 14.6. The third-order valence-corrected chi connectivity index (χ3v) is 11.3. The van der Waals surface area contributed by atoms with Crippen LogP contribution in [0.4, 0.5) is 14.9 Å². The molecule has 3 aromatic rings. The van der Waals surface area contributed by atoms with Gasteiger partial charge >= 0.3 is 18.0 Å². The number of hydrogen-bond acceptors (Lipinski definition) is 16. The van der Waals surface area contributed by atoms with Crippen LogP contribution in [-0.4, -0.2) is 116 Å². The number of ether oxygens (including phenoxy) is 5. The maximum Gasteiger partial charge on any atom is 0.404 e. The number of amides is 4. The zero-order valence-corrected chi connectivity index (χ0v) is 46.8. The van der Waals surface area contributed by atoms with Gasteiger partial charge in [-0.2, -0.15) is 6.41 Å². The average Bonchev–Trinajstić information content (AvgIpc) is 3.68. The van der Waals surface area contributed by atoms with E-state index in [9.17, 15) is 38.6 Å². The number of fused-ring (bicyclic) bond motifs is 2. The van der Waals surface area contributed by atoms with Gasteiger partial charge in [-0.15, -0.1) is 6.58 Å². The number of esters is 2. The molecular formula is C53H74FFmN6O14-. The van der Waals surface area contributed by atoms with Gasteiger partial charge < -0.3 is 66.1 Å². The van der Waals surface area contributed by atoms with Crippen molar-refractivity contribution in [2.24, 2.45) is 29.0 Å². The van der Waals surface area contributed by atoms with Gasteiger partial charge in [0, 0.05) is 75.6 Å². The largest absolute Gasteiger partial charge is 0.543 e. The Morgan fingerprint density at radius 3 is 2.21 bits per heavy atom. The monoisotopic (exact) mass is 1290 g/mol. The minimum absolute atomic E-state index is 0. The second-order valence-electron chi connectivity index (χ2n) is 17.0. The van der Waals surface area contributed by atoms with Crippen molar-refractivity contribution in [3.8, 4) is 5.75 Å². The molecule has 2 heterocycles. The molecule has 1 aliphatic carbocycles. The molecule has 3 unspecified atom stereocenters. The number of hydrogen-bond donors (Lipinski definition) is 6. The number of aromatic nitrogens is 1. The van der Waals surface area contributed by atoms with Crippen LogP contribution < -0.4 is 27.3 Å². The number of nitrogens with two attached hydrogens (primary N) is 3. The number of carbonyl (C=O) groups is 6. The fourth-order valence-corrected chi connectivity index (χ4v) is 8.17. The summed E-state index contributed by atoms with van der Waals surface area (Å²) in [6.45, 7) is 16.9. The van der Waals surface area contributed by atoms with E-state index in [4.69, 9.17) is 44.0 Å². The van der Waals surface area contributed by atoms with Crippen molar-refractivity contribution in [1.29, 1.82) is 0 Å².